The third-order valence-electron chi connectivity index (χ3n) is 5.29. The highest BCUT2D eigenvalue weighted by Gasteiger charge is 2.25. The zero-order valence-corrected chi connectivity index (χ0v) is 17.9. The molecule has 0 atom stereocenters. The Bertz CT molecular complexity index is 886. The van der Waals surface area contributed by atoms with Crippen LogP contribution in [0.4, 0.5) is 0 Å². The minimum absolute atomic E-state index is 0.0749. The molecule has 0 aliphatic carbocycles. The molecule has 7 heteroatoms. The quantitative estimate of drug-likeness (QED) is 0.409. The molecule has 1 fully saturated rings. The number of morpholine rings is 1. The Balaban J connectivity index is 1.75. The molecule has 0 saturated carbocycles. The second-order valence-corrected chi connectivity index (χ2v) is 8.09. The van der Waals surface area contributed by atoms with E-state index in [1.165, 1.54) is 11.8 Å². The number of amides is 1. The topological polar surface area (TPSA) is 67.4 Å². The number of carbonyl (C=O) groups is 1. The first-order chi connectivity index (χ1) is 14.1. The second kappa shape index (κ2) is 10.1. The van der Waals surface area contributed by atoms with E-state index in [0.717, 1.165) is 48.1 Å². The third kappa shape index (κ3) is 5.47. The lowest BCUT2D eigenvalue weighted by atomic mass is 9.94. The predicted octanol–water partition coefficient (Wildman–Crippen LogP) is 2.86. The average Bonchev–Trinajstić information content (AvgIpc) is 2.76. The van der Waals surface area contributed by atoms with Gasteiger partial charge in [0.05, 0.1) is 31.0 Å². The number of ether oxygens (including phenoxy) is 1. The Morgan fingerprint density at radius 1 is 1.28 bits per heavy atom. The maximum Gasteiger partial charge on any atom is 0.231 e. The van der Waals surface area contributed by atoms with Crippen LogP contribution in [-0.4, -0.2) is 58.4 Å². The van der Waals surface area contributed by atoms with Crippen LogP contribution in [0.15, 0.2) is 29.3 Å². The molecule has 0 spiro atoms. The molecular formula is C22H28N4O2S. The number of terminal acetylenes is 1. The molecule has 3 rings (SSSR count). The number of para-hydroxylation sites is 1. The number of aromatic nitrogens is 2. The van der Waals surface area contributed by atoms with Gasteiger partial charge in [-0.2, -0.15) is 0 Å². The molecule has 29 heavy (non-hydrogen) atoms. The molecule has 1 aromatic heterocycles. The Hall–Kier alpha value is -2.14. The number of fused-ring (bicyclic) bond motifs is 1. The minimum atomic E-state index is -0.577. The Morgan fingerprint density at radius 3 is 2.69 bits per heavy atom. The van der Waals surface area contributed by atoms with E-state index >= 15 is 0 Å². The molecule has 1 aliphatic heterocycles. The summed E-state index contributed by atoms with van der Waals surface area (Å²) in [4.78, 5) is 24.3. The molecule has 0 radical (unpaired) electrons. The average molecular weight is 413 g/mol. The Kier molecular flexibility index (Phi) is 7.48. The highest BCUT2D eigenvalue weighted by molar-refractivity contribution is 8.00. The smallest absolute Gasteiger partial charge is 0.231 e. The zero-order valence-electron chi connectivity index (χ0n) is 17.1. The fourth-order valence-electron chi connectivity index (χ4n) is 3.34. The van der Waals surface area contributed by atoms with Crippen molar-refractivity contribution in [3.05, 3.63) is 30.1 Å². The molecule has 1 aliphatic rings. The summed E-state index contributed by atoms with van der Waals surface area (Å²) in [5.41, 5.74) is 0.320. The number of hydrogen-bond acceptors (Lipinski definition) is 6. The molecule has 1 amide bonds. The van der Waals surface area contributed by atoms with Crippen LogP contribution in [-0.2, 0) is 16.1 Å². The second-order valence-electron chi connectivity index (χ2n) is 7.12. The van der Waals surface area contributed by atoms with Crippen molar-refractivity contribution < 1.29 is 9.53 Å². The van der Waals surface area contributed by atoms with Crippen molar-refractivity contribution in [2.75, 3.05) is 32.1 Å². The van der Waals surface area contributed by atoms with Crippen molar-refractivity contribution in [3.8, 4) is 12.3 Å². The number of nitrogens with zero attached hydrogens (tertiary/aromatic N) is 3. The molecule has 2 aromatic rings. The number of benzene rings is 1. The van der Waals surface area contributed by atoms with E-state index in [9.17, 15) is 4.79 Å². The summed E-state index contributed by atoms with van der Waals surface area (Å²) in [5.74, 6) is 3.71. The van der Waals surface area contributed by atoms with E-state index in [2.05, 4.69) is 16.1 Å². The summed E-state index contributed by atoms with van der Waals surface area (Å²) in [6.45, 7) is 7.90. The lowest BCUT2D eigenvalue weighted by Crippen LogP contribution is -2.47. The van der Waals surface area contributed by atoms with Gasteiger partial charge >= 0.3 is 0 Å². The van der Waals surface area contributed by atoms with Gasteiger partial charge in [0.2, 0.25) is 5.91 Å². The standard InChI is InChI=1S/C22H28N4O2S/c1-4-22(5-2,6-3)25-20(27)16-29-21-17-9-7-8-10-18(17)23-19(24-21)15-26-11-13-28-14-12-26/h1,7-10H,5-6,11-16H2,2-3H3,(H,25,27). The summed E-state index contributed by atoms with van der Waals surface area (Å²) in [6.07, 6.45) is 7.07. The van der Waals surface area contributed by atoms with Gasteiger partial charge in [0.15, 0.2) is 0 Å². The predicted molar refractivity (Wildman–Crippen MR) is 117 cm³/mol. The van der Waals surface area contributed by atoms with Crippen LogP contribution in [0.5, 0.6) is 0 Å². The van der Waals surface area contributed by atoms with Gasteiger partial charge in [0.25, 0.3) is 0 Å². The summed E-state index contributed by atoms with van der Waals surface area (Å²) >= 11 is 1.43. The fourth-order valence-corrected chi connectivity index (χ4v) is 4.18. The Morgan fingerprint density at radius 2 is 2.00 bits per heavy atom. The number of carbonyl (C=O) groups excluding carboxylic acids is 1. The first-order valence-corrected chi connectivity index (χ1v) is 11.0. The molecule has 0 bridgehead atoms. The van der Waals surface area contributed by atoms with Crippen LogP contribution >= 0.6 is 11.8 Å². The monoisotopic (exact) mass is 412 g/mol. The van der Waals surface area contributed by atoms with Crippen molar-refractivity contribution in [2.24, 2.45) is 0 Å². The van der Waals surface area contributed by atoms with Gasteiger partial charge in [0.1, 0.15) is 16.4 Å². The van der Waals surface area contributed by atoms with Gasteiger partial charge in [-0.05, 0) is 18.9 Å². The van der Waals surface area contributed by atoms with Crippen LogP contribution < -0.4 is 5.32 Å². The molecular weight excluding hydrogens is 384 g/mol. The Labute approximate surface area is 176 Å². The lowest BCUT2D eigenvalue weighted by molar-refractivity contribution is -0.119. The molecule has 1 N–H and O–H groups in total. The summed E-state index contributed by atoms with van der Waals surface area (Å²) < 4.78 is 5.42. The highest BCUT2D eigenvalue weighted by atomic mass is 32.2. The minimum Gasteiger partial charge on any atom is -0.379 e. The van der Waals surface area contributed by atoms with Crippen molar-refractivity contribution in [3.63, 3.8) is 0 Å². The van der Waals surface area contributed by atoms with Gasteiger partial charge in [-0.3, -0.25) is 9.69 Å². The van der Waals surface area contributed by atoms with Crippen molar-refractivity contribution >= 4 is 28.6 Å². The van der Waals surface area contributed by atoms with Crippen molar-refractivity contribution in [2.45, 2.75) is 43.8 Å². The maximum absolute atomic E-state index is 12.6. The van der Waals surface area contributed by atoms with Gasteiger partial charge in [-0.1, -0.05) is 49.7 Å². The first kappa shape index (κ1) is 21.6. The first-order valence-electron chi connectivity index (χ1n) is 10.1. The van der Waals surface area contributed by atoms with Crippen LogP contribution in [0.25, 0.3) is 10.9 Å². The molecule has 2 heterocycles. The largest absolute Gasteiger partial charge is 0.379 e. The third-order valence-corrected chi connectivity index (χ3v) is 6.28. The van der Waals surface area contributed by atoms with E-state index in [-0.39, 0.29) is 11.7 Å². The van der Waals surface area contributed by atoms with E-state index in [1.807, 2.05) is 38.1 Å². The normalized spacial score (nSPS) is 15.2. The maximum atomic E-state index is 12.6. The van der Waals surface area contributed by atoms with Crippen LogP contribution in [0.1, 0.15) is 32.5 Å². The summed E-state index contributed by atoms with van der Waals surface area (Å²) in [6, 6.07) is 7.92. The molecule has 1 aromatic carbocycles. The highest BCUT2D eigenvalue weighted by Crippen LogP contribution is 2.26. The van der Waals surface area contributed by atoms with Gasteiger partial charge in [-0.15, -0.1) is 6.42 Å². The van der Waals surface area contributed by atoms with Crippen LogP contribution in [0, 0.1) is 12.3 Å². The number of thioether (sulfide) groups is 1. The summed E-state index contributed by atoms with van der Waals surface area (Å²) in [5, 5.41) is 4.81. The van der Waals surface area contributed by atoms with Crippen LogP contribution in [0.3, 0.4) is 0 Å². The van der Waals surface area contributed by atoms with E-state index in [4.69, 9.17) is 21.1 Å². The fraction of sp³-hybridized carbons (Fsp3) is 0.500. The van der Waals surface area contributed by atoms with Gasteiger partial charge in [-0.25, -0.2) is 9.97 Å². The number of nitrogens with one attached hydrogen (secondary N) is 1. The lowest BCUT2D eigenvalue weighted by Gasteiger charge is -2.27. The van der Waals surface area contributed by atoms with E-state index in [0.29, 0.717) is 19.4 Å². The molecule has 0 unspecified atom stereocenters. The van der Waals surface area contributed by atoms with Crippen molar-refractivity contribution in [1.82, 2.24) is 20.2 Å². The molecule has 1 saturated heterocycles. The van der Waals surface area contributed by atoms with Gasteiger partial charge in [0, 0.05) is 18.5 Å². The van der Waals surface area contributed by atoms with E-state index < -0.39 is 5.54 Å². The summed E-state index contributed by atoms with van der Waals surface area (Å²) in [7, 11) is 0. The van der Waals surface area contributed by atoms with Crippen LogP contribution in [0.2, 0.25) is 0 Å². The molecule has 154 valence electrons. The zero-order chi connectivity index (χ0) is 20.7. The van der Waals surface area contributed by atoms with Gasteiger partial charge < -0.3 is 10.1 Å². The SMILES string of the molecule is C#CC(CC)(CC)NC(=O)CSc1nc(CN2CCOCC2)nc2ccccc12. The van der Waals surface area contributed by atoms with E-state index in [1.54, 1.807) is 0 Å². The number of rotatable bonds is 8. The van der Waals surface area contributed by atoms with Crippen molar-refractivity contribution in [1.29, 1.82) is 0 Å². The number of hydrogen-bond donors (Lipinski definition) is 1. The molecule has 6 nitrogen and oxygen atoms in total.